The molecule has 2 saturated heterocycles. The van der Waals surface area contributed by atoms with E-state index in [1.807, 2.05) is 94.7 Å². The van der Waals surface area contributed by atoms with Gasteiger partial charge in [0.25, 0.3) is 5.91 Å². The zero-order valence-electron chi connectivity index (χ0n) is 31.3. The van der Waals surface area contributed by atoms with Gasteiger partial charge in [-0.2, -0.15) is 0 Å². The number of aliphatic hydroxyl groups is 1. The maximum absolute atomic E-state index is 15.3. The molecule has 4 aromatic rings. The first kappa shape index (κ1) is 38.0. The number of carbonyl (C=O) groups is 3. The average molecular weight is 811 g/mol. The smallest absolute Gasteiger partial charge is 0.264 e. The number of rotatable bonds is 12. The van der Waals surface area contributed by atoms with Crippen LogP contribution < -0.4 is 19.7 Å². The van der Waals surface area contributed by atoms with Crippen molar-refractivity contribution in [2.75, 3.05) is 36.6 Å². The van der Waals surface area contributed by atoms with E-state index in [9.17, 15) is 14.7 Å². The lowest BCUT2D eigenvalue weighted by Crippen LogP contribution is -2.52. The highest BCUT2D eigenvalue weighted by molar-refractivity contribution is 9.10. The van der Waals surface area contributed by atoms with E-state index in [0.717, 1.165) is 44.7 Å². The molecular weight excluding hydrogens is 762 g/mol. The Labute approximate surface area is 327 Å². The molecule has 0 aliphatic carbocycles. The van der Waals surface area contributed by atoms with Crippen molar-refractivity contribution in [2.24, 2.45) is 5.92 Å². The van der Waals surface area contributed by atoms with E-state index in [-0.39, 0.29) is 48.8 Å². The number of aliphatic hydroxyl groups excluding tert-OH is 1. The van der Waals surface area contributed by atoms with Gasteiger partial charge in [0.1, 0.15) is 5.75 Å². The van der Waals surface area contributed by atoms with Crippen molar-refractivity contribution in [2.45, 2.75) is 69.6 Å². The number of carbonyl (C=O) groups excluding carboxylic acids is 3. The molecule has 1 spiro atoms. The molecule has 54 heavy (non-hydrogen) atoms. The van der Waals surface area contributed by atoms with Crippen LogP contribution in [0.4, 0.5) is 11.4 Å². The third-order valence-corrected chi connectivity index (χ3v) is 16.6. The molecular formula is C43H48BrN3O6Si. The van der Waals surface area contributed by atoms with E-state index >= 15 is 4.79 Å². The van der Waals surface area contributed by atoms with Gasteiger partial charge in [-0.15, -0.1) is 0 Å². The highest BCUT2D eigenvalue weighted by Gasteiger charge is 2.66. The van der Waals surface area contributed by atoms with Gasteiger partial charge in [0.05, 0.1) is 46.5 Å². The number of nitrogens with zero attached hydrogens (tertiary/aromatic N) is 3. The van der Waals surface area contributed by atoms with Gasteiger partial charge in [-0.1, -0.05) is 95.7 Å². The normalized spacial score (nSPS) is 22.3. The van der Waals surface area contributed by atoms with Crippen LogP contribution in [0.2, 0.25) is 18.6 Å². The van der Waals surface area contributed by atoms with Crippen molar-refractivity contribution < 1.29 is 29.0 Å². The molecule has 4 aromatic carbocycles. The van der Waals surface area contributed by atoms with E-state index in [1.165, 1.54) is 5.19 Å². The monoisotopic (exact) mass is 809 g/mol. The maximum atomic E-state index is 15.3. The molecule has 3 aliphatic heterocycles. The predicted octanol–water partition coefficient (Wildman–Crippen LogP) is 6.76. The quantitative estimate of drug-likeness (QED) is 0.159. The van der Waals surface area contributed by atoms with Crippen LogP contribution in [0.3, 0.4) is 0 Å². The van der Waals surface area contributed by atoms with Crippen LogP contribution in [0, 0.1) is 5.92 Å². The van der Waals surface area contributed by atoms with Crippen LogP contribution in [0.25, 0.3) is 0 Å². The summed E-state index contributed by atoms with van der Waals surface area (Å²) in [5, 5.41) is 11.2. The molecule has 0 aromatic heterocycles. The van der Waals surface area contributed by atoms with Gasteiger partial charge in [0.15, 0.2) is 5.60 Å². The number of benzene rings is 4. The van der Waals surface area contributed by atoms with E-state index in [1.54, 1.807) is 12.0 Å². The number of methoxy groups -OCH3 is 1. The molecule has 11 heteroatoms. The Morgan fingerprint density at radius 2 is 1.74 bits per heavy atom. The van der Waals surface area contributed by atoms with Gasteiger partial charge >= 0.3 is 0 Å². The number of hydrogen-bond donors (Lipinski definition) is 1. The van der Waals surface area contributed by atoms with Crippen LogP contribution >= 0.6 is 15.9 Å². The maximum Gasteiger partial charge on any atom is 0.264 e. The fraction of sp³-hybridized carbons (Fsp3) is 0.372. The number of ether oxygens (including phenoxy) is 2. The standard InChI is InChI=1S/C43H48BrN3O6Si/c1-29-41(54(3,4)35-18-16-34(52-2)17-19-35)38(26-40(50)45(22-23-48)27-30-10-6-5-7-11-30)53-43(29)36-25-32(44)15-20-37(36)47(42(43)51)28-31-12-8-13-33(24-31)46-21-9-14-39(46)49/h5-8,10-13,15-20,24-25,29,38,41,48H,9,14,21-23,26-28H2,1-4H3/t29-,38+,41-,43+/m1/s1. The average Bonchev–Trinajstić information content (AvgIpc) is 3.80. The second kappa shape index (κ2) is 15.4. The summed E-state index contributed by atoms with van der Waals surface area (Å²) in [6.07, 6.45) is 0.866. The Balaban J connectivity index is 1.28. The molecule has 0 unspecified atom stereocenters. The van der Waals surface area contributed by atoms with Crippen LogP contribution in [0.5, 0.6) is 5.75 Å². The number of hydrogen-bond acceptors (Lipinski definition) is 6. The van der Waals surface area contributed by atoms with Crippen LogP contribution in [-0.4, -0.2) is 68.7 Å². The van der Waals surface area contributed by atoms with Crippen molar-refractivity contribution in [3.8, 4) is 5.75 Å². The molecule has 0 saturated carbocycles. The van der Waals surface area contributed by atoms with Gasteiger partial charge < -0.3 is 29.3 Å². The molecule has 3 aliphatic rings. The van der Waals surface area contributed by atoms with Gasteiger partial charge in [-0.3, -0.25) is 14.4 Å². The predicted molar refractivity (Wildman–Crippen MR) is 216 cm³/mol. The number of anilines is 2. The van der Waals surface area contributed by atoms with E-state index < -0.39 is 19.8 Å². The topological polar surface area (TPSA) is 99.6 Å². The number of halogens is 1. The minimum atomic E-state index is -2.51. The Bertz CT molecular complexity index is 2030. The lowest BCUT2D eigenvalue weighted by atomic mass is 9.82. The zero-order valence-corrected chi connectivity index (χ0v) is 33.9. The summed E-state index contributed by atoms with van der Waals surface area (Å²) in [7, 11) is -0.855. The highest BCUT2D eigenvalue weighted by Crippen LogP contribution is 2.60. The summed E-state index contributed by atoms with van der Waals surface area (Å²) in [5.74, 6) is 0.307. The van der Waals surface area contributed by atoms with Crippen molar-refractivity contribution in [3.63, 3.8) is 0 Å². The van der Waals surface area contributed by atoms with E-state index in [2.05, 4.69) is 48.1 Å². The third-order valence-electron chi connectivity index (χ3n) is 11.7. The molecule has 1 N–H and O–H groups in total. The van der Waals surface area contributed by atoms with Crippen molar-refractivity contribution >= 4 is 58.3 Å². The first-order chi connectivity index (χ1) is 26.0. The SMILES string of the molecule is COc1ccc([Si](C)(C)[C@H]2[C@H](CC(=O)N(CCO)Cc3ccccc3)O[C@@]3(C(=O)N(Cc4cccc(N5CCCC5=O)c4)c4ccc(Br)cc43)[C@@H]2C)cc1. The molecule has 3 heterocycles. The van der Waals surface area contributed by atoms with E-state index in [4.69, 9.17) is 9.47 Å². The molecule has 0 radical (unpaired) electrons. The summed E-state index contributed by atoms with van der Waals surface area (Å²) in [6, 6.07) is 31.7. The molecule has 9 nitrogen and oxygen atoms in total. The molecule has 2 fully saturated rings. The summed E-state index contributed by atoms with van der Waals surface area (Å²) in [4.78, 5) is 47.6. The molecule has 282 valence electrons. The lowest BCUT2D eigenvalue weighted by Gasteiger charge is -2.37. The summed E-state index contributed by atoms with van der Waals surface area (Å²) in [5.41, 5.74) is 2.81. The molecule has 0 bridgehead atoms. The third kappa shape index (κ3) is 6.91. The van der Waals surface area contributed by atoms with Crippen molar-refractivity contribution in [3.05, 3.63) is 118 Å². The minimum absolute atomic E-state index is 0.0682. The summed E-state index contributed by atoms with van der Waals surface area (Å²) >= 11 is 3.69. The number of amides is 3. The fourth-order valence-corrected chi connectivity index (χ4v) is 13.5. The van der Waals surface area contributed by atoms with Crippen LogP contribution in [-0.2, 0) is 37.8 Å². The summed E-state index contributed by atoms with van der Waals surface area (Å²) in [6.45, 7) is 8.10. The van der Waals surface area contributed by atoms with Crippen molar-refractivity contribution in [1.82, 2.24) is 4.90 Å². The first-order valence-corrected chi connectivity index (χ1v) is 22.6. The Kier molecular flexibility index (Phi) is 10.9. The van der Waals surface area contributed by atoms with Gasteiger partial charge in [0, 0.05) is 47.7 Å². The molecule has 4 atom stereocenters. The highest BCUT2D eigenvalue weighted by atomic mass is 79.9. The van der Waals surface area contributed by atoms with Crippen molar-refractivity contribution in [1.29, 1.82) is 0 Å². The summed E-state index contributed by atoms with van der Waals surface area (Å²) < 4.78 is 13.6. The first-order valence-electron chi connectivity index (χ1n) is 18.7. The fourth-order valence-electron chi connectivity index (χ4n) is 9.09. The lowest BCUT2D eigenvalue weighted by molar-refractivity contribution is -0.150. The van der Waals surface area contributed by atoms with E-state index in [0.29, 0.717) is 26.1 Å². The second-order valence-electron chi connectivity index (χ2n) is 15.3. The Morgan fingerprint density at radius 3 is 2.43 bits per heavy atom. The van der Waals surface area contributed by atoms with Gasteiger partial charge in [-0.25, -0.2) is 0 Å². The minimum Gasteiger partial charge on any atom is -0.497 e. The van der Waals surface area contributed by atoms with Crippen LogP contribution in [0.15, 0.2) is 102 Å². The van der Waals surface area contributed by atoms with Gasteiger partial charge in [0.2, 0.25) is 11.8 Å². The Hall–Kier alpha value is -4.29. The Morgan fingerprint density at radius 1 is 1.00 bits per heavy atom. The molecule has 7 rings (SSSR count). The van der Waals surface area contributed by atoms with Gasteiger partial charge in [-0.05, 0) is 65.6 Å². The largest absolute Gasteiger partial charge is 0.497 e. The second-order valence-corrected chi connectivity index (χ2v) is 20.9. The zero-order chi connectivity index (χ0) is 38.2. The number of fused-ring (bicyclic) bond motifs is 2. The van der Waals surface area contributed by atoms with Crippen LogP contribution in [0.1, 0.15) is 42.9 Å². The molecule has 3 amide bonds.